The molecule has 10 heavy (non-hydrogen) atoms. The normalized spacial score (nSPS) is 18.9. The van der Waals surface area contributed by atoms with Gasteiger partial charge in [0.1, 0.15) is 0 Å². The lowest BCUT2D eigenvalue weighted by atomic mass is 10.0. The summed E-state index contributed by atoms with van der Waals surface area (Å²) in [6, 6.07) is 0. The minimum atomic E-state index is 0.669. The first-order valence-electron chi connectivity index (χ1n) is 3.18. The van der Waals surface area contributed by atoms with Crippen LogP contribution in [-0.4, -0.2) is 18.1 Å². The standard InChI is InChI=1S/C6H7BrN2S/c7-6-9-5(3-10-6)4-1-8-2-4/h3-4,8H,1-2H2. The van der Waals surface area contributed by atoms with Crippen LogP contribution in [0.4, 0.5) is 0 Å². The van der Waals surface area contributed by atoms with Gasteiger partial charge >= 0.3 is 0 Å². The number of nitrogens with zero attached hydrogens (tertiary/aromatic N) is 1. The van der Waals surface area contributed by atoms with Crippen molar-refractivity contribution in [3.8, 4) is 0 Å². The fraction of sp³-hybridized carbons (Fsp3) is 0.500. The number of aromatic nitrogens is 1. The highest BCUT2D eigenvalue weighted by Crippen LogP contribution is 2.24. The highest BCUT2D eigenvalue weighted by molar-refractivity contribution is 9.11. The Labute approximate surface area is 71.8 Å². The van der Waals surface area contributed by atoms with Crippen LogP contribution in [-0.2, 0) is 0 Å². The van der Waals surface area contributed by atoms with Crippen molar-refractivity contribution in [2.45, 2.75) is 5.92 Å². The van der Waals surface area contributed by atoms with Gasteiger partial charge in [-0.15, -0.1) is 11.3 Å². The molecule has 1 aliphatic rings. The molecule has 0 atom stereocenters. The molecular formula is C6H7BrN2S. The second-order valence-electron chi connectivity index (χ2n) is 2.38. The van der Waals surface area contributed by atoms with Gasteiger partial charge in [0, 0.05) is 24.4 Å². The van der Waals surface area contributed by atoms with Crippen molar-refractivity contribution in [1.82, 2.24) is 10.3 Å². The Bertz CT molecular complexity index is 231. The van der Waals surface area contributed by atoms with Gasteiger partial charge < -0.3 is 5.32 Å². The summed E-state index contributed by atoms with van der Waals surface area (Å²) in [6.45, 7) is 2.19. The monoisotopic (exact) mass is 218 g/mol. The predicted molar refractivity (Wildman–Crippen MR) is 45.4 cm³/mol. The van der Waals surface area contributed by atoms with Gasteiger partial charge in [-0.3, -0.25) is 0 Å². The van der Waals surface area contributed by atoms with Crippen LogP contribution >= 0.6 is 27.3 Å². The van der Waals surface area contributed by atoms with Gasteiger partial charge in [-0.1, -0.05) is 0 Å². The van der Waals surface area contributed by atoms with Crippen molar-refractivity contribution in [2.24, 2.45) is 0 Å². The molecular weight excluding hydrogens is 212 g/mol. The molecule has 2 nitrogen and oxygen atoms in total. The minimum absolute atomic E-state index is 0.669. The van der Waals surface area contributed by atoms with E-state index in [2.05, 4.69) is 31.6 Å². The Morgan fingerprint density at radius 2 is 2.50 bits per heavy atom. The molecule has 0 radical (unpaired) electrons. The Morgan fingerprint density at radius 1 is 1.70 bits per heavy atom. The van der Waals surface area contributed by atoms with Gasteiger partial charge in [0.05, 0.1) is 5.69 Å². The summed E-state index contributed by atoms with van der Waals surface area (Å²) in [6.07, 6.45) is 0. The van der Waals surface area contributed by atoms with Crippen molar-refractivity contribution in [3.63, 3.8) is 0 Å². The van der Waals surface area contributed by atoms with Crippen LogP contribution in [0.1, 0.15) is 11.6 Å². The van der Waals surface area contributed by atoms with Crippen LogP contribution in [0.25, 0.3) is 0 Å². The number of halogens is 1. The van der Waals surface area contributed by atoms with E-state index in [1.807, 2.05) is 0 Å². The van der Waals surface area contributed by atoms with Gasteiger partial charge in [0.25, 0.3) is 0 Å². The molecule has 0 aliphatic carbocycles. The van der Waals surface area contributed by atoms with E-state index in [9.17, 15) is 0 Å². The maximum Gasteiger partial charge on any atom is 0.159 e. The Hall–Kier alpha value is 0.0700. The maximum absolute atomic E-state index is 4.33. The lowest BCUT2D eigenvalue weighted by molar-refractivity contribution is 0.441. The van der Waals surface area contributed by atoms with Crippen molar-refractivity contribution in [2.75, 3.05) is 13.1 Å². The van der Waals surface area contributed by atoms with Crippen molar-refractivity contribution >= 4 is 27.3 Å². The van der Waals surface area contributed by atoms with E-state index in [-0.39, 0.29) is 0 Å². The van der Waals surface area contributed by atoms with E-state index in [4.69, 9.17) is 0 Å². The van der Waals surface area contributed by atoms with E-state index < -0.39 is 0 Å². The first-order valence-corrected chi connectivity index (χ1v) is 4.85. The molecule has 0 aromatic carbocycles. The molecule has 2 rings (SSSR count). The van der Waals surface area contributed by atoms with E-state index >= 15 is 0 Å². The summed E-state index contributed by atoms with van der Waals surface area (Å²) in [7, 11) is 0. The zero-order valence-electron chi connectivity index (χ0n) is 5.30. The second kappa shape index (κ2) is 2.60. The summed E-state index contributed by atoms with van der Waals surface area (Å²) >= 11 is 5.00. The molecule has 0 bridgehead atoms. The van der Waals surface area contributed by atoms with E-state index in [1.165, 1.54) is 5.69 Å². The first kappa shape index (κ1) is 6.76. The van der Waals surface area contributed by atoms with Gasteiger partial charge in [0.2, 0.25) is 0 Å². The average Bonchev–Trinajstić information content (AvgIpc) is 2.10. The molecule has 1 fully saturated rings. The summed E-state index contributed by atoms with van der Waals surface area (Å²) in [4.78, 5) is 4.33. The fourth-order valence-corrected chi connectivity index (χ4v) is 2.05. The lowest BCUT2D eigenvalue weighted by Crippen LogP contribution is -2.40. The SMILES string of the molecule is Brc1nc(C2CNC2)cs1. The second-order valence-corrected chi connectivity index (χ2v) is 4.51. The summed E-state index contributed by atoms with van der Waals surface area (Å²) in [5, 5.41) is 5.34. The summed E-state index contributed by atoms with van der Waals surface area (Å²) in [5.41, 5.74) is 1.23. The number of rotatable bonds is 1. The highest BCUT2D eigenvalue weighted by atomic mass is 79.9. The number of hydrogen-bond donors (Lipinski definition) is 1. The van der Waals surface area contributed by atoms with Crippen molar-refractivity contribution < 1.29 is 0 Å². The topological polar surface area (TPSA) is 24.9 Å². The van der Waals surface area contributed by atoms with Crippen LogP contribution in [0.3, 0.4) is 0 Å². The summed E-state index contributed by atoms with van der Waals surface area (Å²) in [5.74, 6) is 0.669. The highest BCUT2D eigenvalue weighted by Gasteiger charge is 2.20. The molecule has 1 aromatic rings. The molecule has 0 amide bonds. The largest absolute Gasteiger partial charge is 0.315 e. The van der Waals surface area contributed by atoms with Gasteiger partial charge in [-0.25, -0.2) is 4.98 Å². The molecule has 2 heterocycles. The van der Waals surface area contributed by atoms with Gasteiger partial charge in [-0.05, 0) is 15.9 Å². The molecule has 0 saturated carbocycles. The van der Waals surface area contributed by atoms with Crippen molar-refractivity contribution in [1.29, 1.82) is 0 Å². The average molecular weight is 219 g/mol. The Balaban J connectivity index is 2.17. The molecule has 1 aliphatic heterocycles. The number of hydrogen-bond acceptors (Lipinski definition) is 3. The minimum Gasteiger partial charge on any atom is -0.315 e. The predicted octanol–water partition coefficient (Wildman–Crippen LogP) is 1.59. The van der Waals surface area contributed by atoms with E-state index in [1.54, 1.807) is 11.3 Å². The van der Waals surface area contributed by atoms with Crippen LogP contribution in [0.5, 0.6) is 0 Å². The molecule has 1 saturated heterocycles. The van der Waals surface area contributed by atoms with E-state index in [0.29, 0.717) is 5.92 Å². The van der Waals surface area contributed by atoms with E-state index in [0.717, 1.165) is 17.0 Å². The third-order valence-electron chi connectivity index (χ3n) is 1.69. The van der Waals surface area contributed by atoms with Crippen LogP contribution < -0.4 is 5.32 Å². The smallest absolute Gasteiger partial charge is 0.159 e. The van der Waals surface area contributed by atoms with Crippen LogP contribution in [0.2, 0.25) is 0 Å². The zero-order chi connectivity index (χ0) is 6.97. The fourth-order valence-electron chi connectivity index (χ4n) is 0.949. The van der Waals surface area contributed by atoms with Crippen LogP contribution in [0.15, 0.2) is 9.30 Å². The van der Waals surface area contributed by atoms with Gasteiger partial charge in [-0.2, -0.15) is 0 Å². The van der Waals surface area contributed by atoms with Crippen molar-refractivity contribution in [3.05, 3.63) is 15.0 Å². The maximum atomic E-state index is 4.33. The third kappa shape index (κ3) is 1.11. The lowest BCUT2D eigenvalue weighted by Gasteiger charge is -2.24. The molecule has 0 spiro atoms. The molecule has 0 unspecified atom stereocenters. The molecule has 1 aromatic heterocycles. The number of thiazole rings is 1. The Morgan fingerprint density at radius 3 is 2.90 bits per heavy atom. The molecule has 54 valence electrons. The third-order valence-corrected chi connectivity index (χ3v) is 3.08. The van der Waals surface area contributed by atoms with Crippen LogP contribution in [0, 0.1) is 0 Å². The quantitative estimate of drug-likeness (QED) is 0.775. The Kier molecular flexibility index (Phi) is 1.76. The first-order chi connectivity index (χ1) is 4.86. The van der Waals surface area contributed by atoms with Gasteiger partial charge in [0.15, 0.2) is 3.92 Å². The zero-order valence-corrected chi connectivity index (χ0v) is 7.70. The molecule has 1 N–H and O–H groups in total. The summed E-state index contributed by atoms with van der Waals surface area (Å²) < 4.78 is 0.995. The number of nitrogens with one attached hydrogen (secondary N) is 1. The molecule has 4 heteroatoms.